The average Bonchev–Trinajstić information content (AvgIpc) is 2.48. The van der Waals surface area contributed by atoms with Gasteiger partial charge in [-0.05, 0) is 35.3 Å². The Balaban J connectivity index is 2.50. The third-order valence-electron chi connectivity index (χ3n) is 2.04. The highest BCUT2D eigenvalue weighted by Crippen LogP contribution is 2.26. The second kappa shape index (κ2) is 5.55. The van der Waals surface area contributed by atoms with Crippen LogP contribution in [0.15, 0.2) is 10.5 Å². The maximum absolute atomic E-state index is 5.36. The van der Waals surface area contributed by atoms with Crippen LogP contribution < -0.4 is 5.32 Å². The smallest absolute Gasteiger partial charge is 0.0687 e. The molecule has 0 aliphatic rings. The topological polar surface area (TPSA) is 12.0 Å². The Kier molecular flexibility index (Phi) is 4.67. The van der Waals surface area contributed by atoms with Crippen molar-refractivity contribution in [1.29, 1.82) is 0 Å². The molecule has 0 aliphatic heterocycles. The molecule has 0 aliphatic carbocycles. The van der Waals surface area contributed by atoms with E-state index in [2.05, 4.69) is 47.1 Å². The van der Waals surface area contributed by atoms with Gasteiger partial charge in [-0.2, -0.15) is 0 Å². The monoisotopic (exact) mass is 271 g/mol. The molecule has 1 nitrogen and oxygen atoms in total. The van der Waals surface area contributed by atoms with Crippen molar-refractivity contribution in [2.75, 3.05) is 0 Å². The van der Waals surface area contributed by atoms with E-state index in [1.165, 1.54) is 14.2 Å². The molecule has 0 saturated heterocycles. The van der Waals surface area contributed by atoms with Crippen LogP contribution in [-0.2, 0) is 6.54 Å². The van der Waals surface area contributed by atoms with Crippen LogP contribution in [-0.4, -0.2) is 6.04 Å². The molecule has 1 unspecified atom stereocenters. The van der Waals surface area contributed by atoms with Crippen LogP contribution in [0.2, 0.25) is 0 Å². The molecule has 1 rings (SSSR count). The van der Waals surface area contributed by atoms with Crippen molar-refractivity contribution in [3.8, 4) is 12.3 Å². The maximum atomic E-state index is 5.36. The zero-order valence-corrected chi connectivity index (χ0v) is 10.8. The van der Waals surface area contributed by atoms with Gasteiger partial charge in [-0.25, -0.2) is 0 Å². The largest absolute Gasteiger partial charge is 0.299 e. The molecule has 3 heteroatoms. The molecule has 1 heterocycles. The van der Waals surface area contributed by atoms with Crippen molar-refractivity contribution in [2.45, 2.75) is 32.9 Å². The molecular formula is C11H14BrNS. The van der Waals surface area contributed by atoms with Gasteiger partial charge in [0.25, 0.3) is 0 Å². The van der Waals surface area contributed by atoms with Crippen molar-refractivity contribution in [1.82, 2.24) is 5.32 Å². The molecule has 76 valence electrons. The zero-order chi connectivity index (χ0) is 10.6. The molecule has 0 radical (unpaired) electrons. The third kappa shape index (κ3) is 3.13. The Morgan fingerprint density at radius 1 is 1.71 bits per heavy atom. The fraction of sp³-hybridized carbons (Fsp3) is 0.455. The molecule has 1 atom stereocenters. The average molecular weight is 272 g/mol. The summed E-state index contributed by atoms with van der Waals surface area (Å²) in [6, 6.07) is 2.34. The number of halogens is 1. The van der Waals surface area contributed by atoms with Gasteiger partial charge in [-0.15, -0.1) is 17.8 Å². The van der Waals surface area contributed by atoms with E-state index >= 15 is 0 Å². The van der Waals surface area contributed by atoms with Crippen LogP contribution in [0.4, 0.5) is 0 Å². The molecule has 1 aromatic heterocycles. The lowest BCUT2D eigenvalue weighted by atomic mass is 10.2. The summed E-state index contributed by atoms with van der Waals surface area (Å²) in [5.41, 5.74) is 0. The Morgan fingerprint density at radius 3 is 2.86 bits per heavy atom. The molecule has 1 aromatic rings. The van der Waals surface area contributed by atoms with Crippen LogP contribution in [0.1, 0.15) is 23.1 Å². The van der Waals surface area contributed by atoms with Crippen molar-refractivity contribution < 1.29 is 0 Å². The SMILES string of the molecule is C#CC(CC)NCc1cc(Br)c(C)s1. The van der Waals surface area contributed by atoms with E-state index in [9.17, 15) is 0 Å². The summed E-state index contributed by atoms with van der Waals surface area (Å²) < 4.78 is 1.19. The summed E-state index contributed by atoms with van der Waals surface area (Å²) in [5.74, 6) is 2.73. The Bertz CT molecular complexity index is 318. The third-order valence-corrected chi connectivity index (χ3v) is 4.18. The summed E-state index contributed by atoms with van der Waals surface area (Å²) in [5, 5.41) is 3.33. The fourth-order valence-electron chi connectivity index (χ4n) is 1.15. The van der Waals surface area contributed by atoms with E-state index in [-0.39, 0.29) is 6.04 Å². The molecule has 1 N–H and O–H groups in total. The molecule has 14 heavy (non-hydrogen) atoms. The van der Waals surface area contributed by atoms with E-state index in [0.717, 1.165) is 13.0 Å². The number of hydrogen-bond acceptors (Lipinski definition) is 2. The Morgan fingerprint density at radius 2 is 2.43 bits per heavy atom. The molecule has 0 spiro atoms. The van der Waals surface area contributed by atoms with Gasteiger partial charge in [0.2, 0.25) is 0 Å². The van der Waals surface area contributed by atoms with Gasteiger partial charge in [0.15, 0.2) is 0 Å². The van der Waals surface area contributed by atoms with E-state index in [1.54, 1.807) is 11.3 Å². The number of rotatable bonds is 4. The van der Waals surface area contributed by atoms with Gasteiger partial charge >= 0.3 is 0 Å². The summed E-state index contributed by atoms with van der Waals surface area (Å²) >= 11 is 5.30. The fourth-order valence-corrected chi connectivity index (χ4v) is 2.70. The molecular weight excluding hydrogens is 258 g/mol. The number of hydrogen-bond donors (Lipinski definition) is 1. The zero-order valence-electron chi connectivity index (χ0n) is 8.43. The second-order valence-corrected chi connectivity index (χ2v) is 5.32. The Hall–Kier alpha value is -0.300. The lowest BCUT2D eigenvalue weighted by molar-refractivity contribution is 0.597. The van der Waals surface area contributed by atoms with Gasteiger partial charge in [0.05, 0.1) is 6.04 Å². The molecule has 0 saturated carbocycles. The molecule has 0 bridgehead atoms. The van der Waals surface area contributed by atoms with Crippen LogP contribution in [0.25, 0.3) is 0 Å². The predicted octanol–water partition coefficient (Wildman–Crippen LogP) is 3.32. The minimum absolute atomic E-state index is 0.191. The van der Waals surface area contributed by atoms with Crippen molar-refractivity contribution in [3.05, 3.63) is 20.3 Å². The standard InChI is InChI=1S/C11H14BrNS/c1-4-9(5-2)13-7-10-6-11(12)8(3)14-10/h1,6,9,13H,5,7H2,2-3H3. The lowest BCUT2D eigenvalue weighted by Crippen LogP contribution is -2.25. The van der Waals surface area contributed by atoms with Crippen LogP contribution >= 0.6 is 27.3 Å². The maximum Gasteiger partial charge on any atom is 0.0687 e. The molecule has 0 fully saturated rings. The van der Waals surface area contributed by atoms with Crippen molar-refractivity contribution in [2.24, 2.45) is 0 Å². The molecule has 0 aromatic carbocycles. The van der Waals surface area contributed by atoms with E-state index < -0.39 is 0 Å². The number of aryl methyl sites for hydroxylation is 1. The minimum atomic E-state index is 0.191. The first kappa shape index (κ1) is 11.8. The van der Waals surface area contributed by atoms with Crippen molar-refractivity contribution >= 4 is 27.3 Å². The quantitative estimate of drug-likeness (QED) is 0.829. The summed E-state index contributed by atoms with van der Waals surface area (Å²) in [7, 11) is 0. The number of thiophene rings is 1. The Labute approximate surface area is 98.0 Å². The first-order valence-corrected chi connectivity index (χ1v) is 6.22. The van der Waals surface area contributed by atoms with E-state index in [0.29, 0.717) is 0 Å². The van der Waals surface area contributed by atoms with E-state index in [4.69, 9.17) is 6.42 Å². The summed E-state index contributed by atoms with van der Waals surface area (Å²) in [6.45, 7) is 5.06. The van der Waals surface area contributed by atoms with Crippen molar-refractivity contribution in [3.63, 3.8) is 0 Å². The normalized spacial score (nSPS) is 12.4. The highest BCUT2D eigenvalue weighted by atomic mass is 79.9. The highest BCUT2D eigenvalue weighted by molar-refractivity contribution is 9.10. The first-order chi connectivity index (χ1) is 6.67. The van der Waals surface area contributed by atoms with Gasteiger partial charge in [0, 0.05) is 20.8 Å². The summed E-state index contributed by atoms with van der Waals surface area (Å²) in [4.78, 5) is 2.64. The number of nitrogens with one attached hydrogen (secondary N) is 1. The predicted molar refractivity (Wildman–Crippen MR) is 66.5 cm³/mol. The van der Waals surface area contributed by atoms with Crippen LogP contribution in [0.3, 0.4) is 0 Å². The minimum Gasteiger partial charge on any atom is -0.299 e. The van der Waals surface area contributed by atoms with Gasteiger partial charge in [-0.3, -0.25) is 5.32 Å². The molecule has 0 amide bonds. The lowest BCUT2D eigenvalue weighted by Gasteiger charge is -2.08. The number of terminal acetylenes is 1. The van der Waals surface area contributed by atoms with Gasteiger partial charge < -0.3 is 0 Å². The van der Waals surface area contributed by atoms with Crippen LogP contribution in [0.5, 0.6) is 0 Å². The second-order valence-electron chi connectivity index (χ2n) is 3.13. The van der Waals surface area contributed by atoms with Gasteiger partial charge in [0.1, 0.15) is 0 Å². The van der Waals surface area contributed by atoms with Crippen LogP contribution in [0, 0.1) is 19.3 Å². The first-order valence-electron chi connectivity index (χ1n) is 4.61. The van der Waals surface area contributed by atoms with Gasteiger partial charge in [-0.1, -0.05) is 12.8 Å². The highest BCUT2D eigenvalue weighted by Gasteiger charge is 2.04. The summed E-state index contributed by atoms with van der Waals surface area (Å²) in [6.07, 6.45) is 6.34. The van der Waals surface area contributed by atoms with E-state index in [1.807, 2.05) is 0 Å².